The zero-order chi connectivity index (χ0) is 10.7. The Bertz CT molecular complexity index is 436. The van der Waals surface area contributed by atoms with Crippen molar-refractivity contribution >= 4 is 5.95 Å². The van der Waals surface area contributed by atoms with Gasteiger partial charge in [0.05, 0.1) is 18.6 Å². The van der Waals surface area contributed by atoms with Crippen LogP contribution in [0.1, 0.15) is 5.56 Å². The van der Waals surface area contributed by atoms with Gasteiger partial charge in [-0.2, -0.15) is 5.10 Å². The van der Waals surface area contributed by atoms with E-state index in [9.17, 15) is 4.39 Å². The van der Waals surface area contributed by atoms with Crippen molar-refractivity contribution in [1.29, 1.82) is 0 Å². The number of hydrogen-bond donors (Lipinski definition) is 1. The van der Waals surface area contributed by atoms with E-state index < -0.39 is 5.82 Å². The van der Waals surface area contributed by atoms with Gasteiger partial charge in [0.2, 0.25) is 5.95 Å². The standard InChI is InChI=1S/C9H10FN5/c1-15-6-7(3-14-15)2-11-9-12-4-8(10)5-13-9/h3-6H,2H2,1H3,(H,11,12,13). The monoisotopic (exact) mass is 207 g/mol. The molecule has 6 heteroatoms. The molecule has 1 N–H and O–H groups in total. The van der Waals surface area contributed by atoms with Gasteiger partial charge >= 0.3 is 0 Å². The summed E-state index contributed by atoms with van der Waals surface area (Å²) in [6.07, 6.45) is 5.88. The van der Waals surface area contributed by atoms with Crippen LogP contribution in [0.15, 0.2) is 24.8 Å². The predicted octanol–water partition coefficient (Wildman–Crippen LogP) is 0.961. The molecule has 2 heterocycles. The zero-order valence-electron chi connectivity index (χ0n) is 8.18. The first-order valence-electron chi connectivity index (χ1n) is 4.43. The van der Waals surface area contributed by atoms with E-state index in [-0.39, 0.29) is 0 Å². The van der Waals surface area contributed by atoms with E-state index in [0.29, 0.717) is 12.5 Å². The highest BCUT2D eigenvalue weighted by molar-refractivity contribution is 5.24. The summed E-state index contributed by atoms with van der Waals surface area (Å²) in [5, 5.41) is 6.98. The molecule has 0 fully saturated rings. The molecule has 0 aromatic carbocycles. The van der Waals surface area contributed by atoms with Crippen molar-refractivity contribution in [2.24, 2.45) is 7.05 Å². The minimum atomic E-state index is -0.443. The Labute approximate surface area is 86.0 Å². The molecule has 15 heavy (non-hydrogen) atoms. The van der Waals surface area contributed by atoms with E-state index in [1.54, 1.807) is 10.9 Å². The normalized spacial score (nSPS) is 10.3. The number of anilines is 1. The first kappa shape index (κ1) is 9.57. The van der Waals surface area contributed by atoms with Gasteiger partial charge in [0.25, 0.3) is 0 Å². The average Bonchev–Trinajstić information content (AvgIpc) is 2.64. The van der Waals surface area contributed by atoms with E-state index in [4.69, 9.17) is 0 Å². The van der Waals surface area contributed by atoms with Gasteiger partial charge in [-0.25, -0.2) is 14.4 Å². The van der Waals surface area contributed by atoms with Crippen LogP contribution in [0.4, 0.5) is 10.3 Å². The Balaban J connectivity index is 1.96. The maximum absolute atomic E-state index is 12.5. The maximum atomic E-state index is 12.5. The molecule has 0 unspecified atom stereocenters. The molecule has 0 bridgehead atoms. The number of nitrogens with one attached hydrogen (secondary N) is 1. The highest BCUT2D eigenvalue weighted by Gasteiger charge is 1.98. The van der Waals surface area contributed by atoms with Gasteiger partial charge in [-0.05, 0) is 0 Å². The fraction of sp³-hybridized carbons (Fsp3) is 0.222. The summed E-state index contributed by atoms with van der Waals surface area (Å²) in [4.78, 5) is 7.55. The van der Waals surface area contributed by atoms with Crippen molar-refractivity contribution in [3.63, 3.8) is 0 Å². The lowest BCUT2D eigenvalue weighted by molar-refractivity contribution is 0.614. The number of halogens is 1. The average molecular weight is 207 g/mol. The van der Waals surface area contributed by atoms with Crippen LogP contribution in [0.3, 0.4) is 0 Å². The van der Waals surface area contributed by atoms with Gasteiger partial charge in [0, 0.05) is 25.4 Å². The summed E-state index contributed by atoms with van der Waals surface area (Å²) in [7, 11) is 1.85. The SMILES string of the molecule is Cn1cc(CNc2ncc(F)cn2)cn1. The second-order valence-corrected chi connectivity index (χ2v) is 3.10. The molecule has 2 rings (SSSR count). The molecule has 0 aliphatic rings. The number of aryl methyl sites for hydroxylation is 1. The Morgan fingerprint density at radius 1 is 1.33 bits per heavy atom. The van der Waals surface area contributed by atoms with Crippen LogP contribution < -0.4 is 5.32 Å². The molecule has 0 aliphatic heterocycles. The molecule has 0 amide bonds. The van der Waals surface area contributed by atoms with E-state index in [2.05, 4.69) is 20.4 Å². The first-order chi connectivity index (χ1) is 7.24. The van der Waals surface area contributed by atoms with Crippen molar-refractivity contribution in [3.05, 3.63) is 36.2 Å². The van der Waals surface area contributed by atoms with Crippen molar-refractivity contribution in [1.82, 2.24) is 19.7 Å². The van der Waals surface area contributed by atoms with Crippen LogP contribution in [0.5, 0.6) is 0 Å². The number of rotatable bonds is 3. The summed E-state index contributed by atoms with van der Waals surface area (Å²) >= 11 is 0. The molecule has 0 radical (unpaired) electrons. The van der Waals surface area contributed by atoms with Gasteiger partial charge < -0.3 is 5.32 Å². The van der Waals surface area contributed by atoms with Crippen molar-refractivity contribution in [2.75, 3.05) is 5.32 Å². The molecule has 2 aromatic rings. The van der Waals surface area contributed by atoms with Crippen molar-refractivity contribution in [2.45, 2.75) is 6.54 Å². The predicted molar refractivity (Wildman–Crippen MR) is 52.5 cm³/mol. The summed E-state index contributed by atoms with van der Waals surface area (Å²) in [6, 6.07) is 0. The van der Waals surface area contributed by atoms with Gasteiger partial charge in [-0.15, -0.1) is 0 Å². The fourth-order valence-electron chi connectivity index (χ4n) is 1.15. The Morgan fingerprint density at radius 2 is 2.07 bits per heavy atom. The third-order valence-electron chi connectivity index (χ3n) is 1.83. The van der Waals surface area contributed by atoms with E-state index >= 15 is 0 Å². The second-order valence-electron chi connectivity index (χ2n) is 3.10. The third-order valence-corrected chi connectivity index (χ3v) is 1.83. The van der Waals surface area contributed by atoms with Gasteiger partial charge in [0.15, 0.2) is 5.82 Å². The molecule has 2 aromatic heterocycles. The summed E-state index contributed by atoms with van der Waals surface area (Å²) in [5.41, 5.74) is 1.02. The Kier molecular flexibility index (Phi) is 2.57. The number of hydrogen-bond acceptors (Lipinski definition) is 4. The molecule has 5 nitrogen and oxygen atoms in total. The number of nitrogens with zero attached hydrogens (tertiary/aromatic N) is 4. The topological polar surface area (TPSA) is 55.6 Å². The minimum Gasteiger partial charge on any atom is -0.350 e. The smallest absolute Gasteiger partial charge is 0.223 e. The molecular formula is C9H10FN5. The molecule has 0 spiro atoms. The van der Waals surface area contributed by atoms with Crippen LogP contribution in [0, 0.1) is 5.82 Å². The van der Waals surface area contributed by atoms with Gasteiger partial charge in [-0.1, -0.05) is 0 Å². The number of aromatic nitrogens is 4. The third kappa shape index (κ3) is 2.49. The van der Waals surface area contributed by atoms with E-state index in [0.717, 1.165) is 18.0 Å². The van der Waals surface area contributed by atoms with E-state index in [1.165, 1.54) is 0 Å². The minimum absolute atomic E-state index is 0.403. The highest BCUT2D eigenvalue weighted by atomic mass is 19.1. The zero-order valence-corrected chi connectivity index (χ0v) is 8.18. The molecule has 78 valence electrons. The first-order valence-corrected chi connectivity index (χ1v) is 4.43. The molecule has 0 aliphatic carbocycles. The van der Waals surface area contributed by atoms with Crippen molar-refractivity contribution in [3.8, 4) is 0 Å². The van der Waals surface area contributed by atoms with Crippen LogP contribution in [-0.4, -0.2) is 19.7 Å². The van der Waals surface area contributed by atoms with Crippen LogP contribution >= 0.6 is 0 Å². The largest absolute Gasteiger partial charge is 0.350 e. The quantitative estimate of drug-likeness (QED) is 0.814. The summed E-state index contributed by atoms with van der Waals surface area (Å²) < 4.78 is 14.2. The van der Waals surface area contributed by atoms with Crippen LogP contribution in [-0.2, 0) is 13.6 Å². The lowest BCUT2D eigenvalue weighted by Gasteiger charge is -2.01. The fourth-order valence-corrected chi connectivity index (χ4v) is 1.15. The summed E-state index contributed by atoms with van der Waals surface area (Å²) in [5.74, 6) is -0.0396. The lowest BCUT2D eigenvalue weighted by atomic mass is 10.4. The molecule has 0 saturated carbocycles. The summed E-state index contributed by atoms with van der Waals surface area (Å²) in [6.45, 7) is 0.569. The molecule has 0 atom stereocenters. The molecule has 0 saturated heterocycles. The van der Waals surface area contributed by atoms with Crippen molar-refractivity contribution < 1.29 is 4.39 Å². The van der Waals surface area contributed by atoms with Gasteiger partial charge in [-0.3, -0.25) is 4.68 Å². The Morgan fingerprint density at radius 3 is 2.67 bits per heavy atom. The van der Waals surface area contributed by atoms with Gasteiger partial charge in [0.1, 0.15) is 0 Å². The van der Waals surface area contributed by atoms with Crippen LogP contribution in [0.2, 0.25) is 0 Å². The Hall–Kier alpha value is -1.98. The maximum Gasteiger partial charge on any atom is 0.223 e. The highest BCUT2D eigenvalue weighted by Crippen LogP contribution is 2.02. The lowest BCUT2D eigenvalue weighted by Crippen LogP contribution is -2.02. The molecular weight excluding hydrogens is 197 g/mol. The van der Waals surface area contributed by atoms with E-state index in [1.807, 2.05) is 13.2 Å². The van der Waals surface area contributed by atoms with Crippen LogP contribution in [0.25, 0.3) is 0 Å². The second kappa shape index (κ2) is 4.04.